The highest BCUT2D eigenvalue weighted by atomic mass is 16.7. The van der Waals surface area contributed by atoms with Crippen molar-refractivity contribution in [1.29, 1.82) is 0 Å². The highest BCUT2D eigenvalue weighted by Crippen LogP contribution is 2.23. The van der Waals surface area contributed by atoms with Crippen LogP contribution in [0.25, 0.3) is 16.7 Å². The lowest BCUT2D eigenvalue weighted by atomic mass is 10.1. The van der Waals surface area contributed by atoms with Crippen molar-refractivity contribution >= 4 is 22.8 Å². The van der Waals surface area contributed by atoms with Crippen LogP contribution in [-0.2, 0) is 0 Å². The number of hydrogen-bond acceptors (Lipinski definition) is 4. The fraction of sp³-hybridized carbons (Fsp3) is 0.214. The molecule has 0 amide bonds. The molecule has 0 saturated heterocycles. The van der Waals surface area contributed by atoms with Crippen LogP contribution in [0.3, 0.4) is 0 Å². The molecule has 0 fully saturated rings. The van der Waals surface area contributed by atoms with Crippen molar-refractivity contribution in [3.63, 3.8) is 0 Å². The smallest absolute Gasteiger partial charge is 0.449 e. The van der Waals surface area contributed by atoms with Crippen molar-refractivity contribution in [3.05, 3.63) is 39.3 Å². The molecular weight excluding hydrogens is 274 g/mol. The largest absolute Gasteiger partial charge is 0.512 e. The number of nitrogens with zero attached hydrogens (tertiary/aromatic N) is 2. The second-order valence-electron chi connectivity index (χ2n) is 4.94. The van der Waals surface area contributed by atoms with Gasteiger partial charge in [0.1, 0.15) is 0 Å². The number of carbonyl (C=O) groups is 1. The highest BCUT2D eigenvalue weighted by Gasteiger charge is 2.17. The molecule has 108 valence electrons. The first-order valence-electron chi connectivity index (χ1n) is 6.31. The Bertz CT molecular complexity index is 952. The first-order chi connectivity index (χ1) is 9.88. The van der Waals surface area contributed by atoms with E-state index in [1.165, 1.54) is 0 Å². The summed E-state index contributed by atoms with van der Waals surface area (Å²) in [5.74, 6) is -0.0845. The summed E-state index contributed by atoms with van der Waals surface area (Å²) >= 11 is 0. The van der Waals surface area contributed by atoms with Gasteiger partial charge in [-0.2, -0.15) is 4.98 Å². The molecule has 7 nitrogen and oxygen atoms in total. The summed E-state index contributed by atoms with van der Waals surface area (Å²) in [6.45, 7) is 5.58. The zero-order chi connectivity index (χ0) is 15.3. The molecule has 0 bridgehead atoms. The average molecular weight is 287 g/mol. The van der Waals surface area contributed by atoms with E-state index >= 15 is 0 Å². The Morgan fingerprint density at radius 2 is 1.95 bits per heavy atom. The van der Waals surface area contributed by atoms with E-state index in [4.69, 9.17) is 5.11 Å². The number of aromatic amines is 1. The summed E-state index contributed by atoms with van der Waals surface area (Å²) in [5, 5.41) is 8.72. The minimum absolute atomic E-state index is 0.0845. The van der Waals surface area contributed by atoms with Crippen LogP contribution >= 0.6 is 0 Å². The summed E-state index contributed by atoms with van der Waals surface area (Å²) in [7, 11) is 0. The van der Waals surface area contributed by atoms with Gasteiger partial charge in [-0.15, -0.1) is 0 Å². The van der Waals surface area contributed by atoms with Gasteiger partial charge in [0.2, 0.25) is 11.5 Å². The minimum Gasteiger partial charge on any atom is -0.449 e. The van der Waals surface area contributed by atoms with E-state index in [1.54, 1.807) is 11.3 Å². The van der Waals surface area contributed by atoms with Gasteiger partial charge in [-0.05, 0) is 44.0 Å². The van der Waals surface area contributed by atoms with Crippen molar-refractivity contribution in [2.45, 2.75) is 20.8 Å². The molecule has 0 atom stereocenters. The number of hydrogen-bond donors (Lipinski definition) is 2. The molecular formula is C14H13N3O4. The Kier molecular flexibility index (Phi) is 2.72. The first-order valence-corrected chi connectivity index (χ1v) is 6.31. The fourth-order valence-electron chi connectivity index (χ4n) is 2.37. The molecule has 2 aromatic heterocycles. The van der Waals surface area contributed by atoms with Gasteiger partial charge in [0, 0.05) is 0 Å². The summed E-state index contributed by atoms with van der Waals surface area (Å²) in [4.78, 5) is 29.5. The van der Waals surface area contributed by atoms with Crippen molar-refractivity contribution in [2.24, 2.45) is 0 Å². The standard InChI is InChI=1S/C14H13N3O4/c1-6-4-9-10(5-7(6)2)17-8(3)13(21-14(19)20)16-11(17)12(18)15-9/h4-5H,1-3H3,(H,15,18)(H,19,20). The molecule has 0 saturated carbocycles. The number of carboxylic acid groups (broad SMARTS) is 1. The number of benzene rings is 1. The Balaban J connectivity index is 2.47. The predicted octanol–water partition coefficient (Wildman–Crippen LogP) is 2.16. The van der Waals surface area contributed by atoms with E-state index in [0.717, 1.165) is 16.6 Å². The summed E-state index contributed by atoms with van der Waals surface area (Å²) in [5.41, 5.74) is 3.71. The molecule has 0 spiro atoms. The van der Waals surface area contributed by atoms with Crippen LogP contribution in [0, 0.1) is 20.8 Å². The van der Waals surface area contributed by atoms with E-state index < -0.39 is 11.7 Å². The Morgan fingerprint density at radius 3 is 2.62 bits per heavy atom. The summed E-state index contributed by atoms with van der Waals surface area (Å²) < 4.78 is 6.23. The molecule has 7 heteroatoms. The number of H-pyrrole nitrogens is 1. The first kappa shape index (κ1) is 13.2. The molecule has 0 aliphatic rings. The maximum atomic E-state index is 12.1. The van der Waals surface area contributed by atoms with E-state index in [9.17, 15) is 9.59 Å². The zero-order valence-corrected chi connectivity index (χ0v) is 11.7. The molecule has 0 radical (unpaired) electrons. The molecule has 0 unspecified atom stereocenters. The third-order valence-electron chi connectivity index (χ3n) is 3.55. The van der Waals surface area contributed by atoms with Gasteiger partial charge in [-0.25, -0.2) is 4.79 Å². The van der Waals surface area contributed by atoms with E-state index in [0.29, 0.717) is 11.2 Å². The van der Waals surface area contributed by atoms with E-state index in [-0.39, 0.29) is 11.5 Å². The van der Waals surface area contributed by atoms with Crippen molar-refractivity contribution < 1.29 is 14.6 Å². The maximum Gasteiger partial charge on any atom is 0.512 e. The Hall–Kier alpha value is -2.83. The fourth-order valence-corrected chi connectivity index (χ4v) is 2.37. The van der Waals surface area contributed by atoms with Gasteiger partial charge in [0.15, 0.2) is 0 Å². The number of imidazole rings is 1. The molecule has 1 aromatic carbocycles. The normalized spacial score (nSPS) is 11.2. The van der Waals surface area contributed by atoms with Crippen LogP contribution in [0.5, 0.6) is 5.88 Å². The molecule has 0 aliphatic carbocycles. The second kappa shape index (κ2) is 4.34. The van der Waals surface area contributed by atoms with Crippen molar-refractivity contribution in [1.82, 2.24) is 14.4 Å². The molecule has 2 N–H and O–H groups in total. The number of fused-ring (bicyclic) bond motifs is 3. The van der Waals surface area contributed by atoms with Gasteiger partial charge in [0.05, 0.1) is 16.7 Å². The molecule has 0 aliphatic heterocycles. The SMILES string of the molecule is Cc1cc2[nH]c(=O)c3nc(OC(=O)O)c(C)n3c2cc1C. The molecule has 3 aromatic rings. The van der Waals surface area contributed by atoms with Crippen molar-refractivity contribution in [2.75, 3.05) is 0 Å². The van der Waals surface area contributed by atoms with Crippen LogP contribution in [-0.4, -0.2) is 25.6 Å². The number of rotatable bonds is 1. The summed E-state index contributed by atoms with van der Waals surface area (Å²) in [6.07, 6.45) is -1.46. The van der Waals surface area contributed by atoms with Gasteiger partial charge in [-0.3, -0.25) is 9.20 Å². The monoisotopic (exact) mass is 287 g/mol. The number of aryl methyl sites for hydroxylation is 3. The summed E-state index contributed by atoms with van der Waals surface area (Å²) in [6, 6.07) is 3.80. The topological polar surface area (TPSA) is 96.7 Å². The number of ether oxygens (including phenoxy) is 1. The highest BCUT2D eigenvalue weighted by molar-refractivity contribution is 5.80. The molecule has 2 heterocycles. The third kappa shape index (κ3) is 1.94. The molecule has 21 heavy (non-hydrogen) atoms. The predicted molar refractivity (Wildman–Crippen MR) is 76.2 cm³/mol. The van der Waals surface area contributed by atoms with Crippen LogP contribution < -0.4 is 10.3 Å². The van der Waals surface area contributed by atoms with Crippen LogP contribution in [0.1, 0.15) is 16.8 Å². The van der Waals surface area contributed by atoms with Crippen molar-refractivity contribution in [3.8, 4) is 5.88 Å². The van der Waals surface area contributed by atoms with E-state index in [2.05, 4.69) is 14.7 Å². The third-order valence-corrected chi connectivity index (χ3v) is 3.55. The van der Waals surface area contributed by atoms with Gasteiger partial charge < -0.3 is 14.8 Å². The average Bonchev–Trinajstić information content (AvgIpc) is 2.70. The number of nitrogens with one attached hydrogen (secondary N) is 1. The van der Waals surface area contributed by atoms with E-state index in [1.807, 2.05) is 26.0 Å². The van der Waals surface area contributed by atoms with Crippen LogP contribution in [0.4, 0.5) is 4.79 Å². The Morgan fingerprint density at radius 1 is 1.29 bits per heavy atom. The lowest BCUT2D eigenvalue weighted by Gasteiger charge is -2.07. The number of aromatic nitrogens is 3. The van der Waals surface area contributed by atoms with Crippen LogP contribution in [0.2, 0.25) is 0 Å². The zero-order valence-electron chi connectivity index (χ0n) is 11.7. The quantitative estimate of drug-likeness (QED) is 0.668. The lowest BCUT2D eigenvalue weighted by Crippen LogP contribution is -2.11. The Labute approximate surface area is 118 Å². The van der Waals surface area contributed by atoms with Gasteiger partial charge in [0.25, 0.3) is 5.56 Å². The maximum absolute atomic E-state index is 12.1. The lowest BCUT2D eigenvalue weighted by molar-refractivity contribution is 0.142. The minimum atomic E-state index is -1.46. The van der Waals surface area contributed by atoms with Crippen LogP contribution in [0.15, 0.2) is 16.9 Å². The van der Waals surface area contributed by atoms with Gasteiger partial charge >= 0.3 is 6.16 Å². The second-order valence-corrected chi connectivity index (χ2v) is 4.94. The molecule has 3 rings (SSSR count). The van der Waals surface area contributed by atoms with Gasteiger partial charge in [-0.1, -0.05) is 0 Å².